The summed E-state index contributed by atoms with van der Waals surface area (Å²) in [7, 11) is -3.45. The topological polar surface area (TPSA) is 79.6 Å². The number of carbonyl (C=O) groups is 1. The Kier molecular flexibility index (Phi) is 4.32. The minimum absolute atomic E-state index is 0.146. The molecule has 0 aromatic carbocycles. The first-order chi connectivity index (χ1) is 10.6. The van der Waals surface area contributed by atoms with E-state index in [-0.39, 0.29) is 11.9 Å². The molecule has 8 heteroatoms. The number of nitrogens with one attached hydrogen (secondary N) is 1. The molecule has 1 fully saturated rings. The fourth-order valence-corrected chi connectivity index (χ4v) is 4.76. The molecule has 2 aromatic heterocycles. The van der Waals surface area contributed by atoms with Crippen molar-refractivity contribution in [3.63, 3.8) is 0 Å². The zero-order valence-corrected chi connectivity index (χ0v) is 13.4. The SMILES string of the molecule is O=C(c1ccco1)N1CCC(NS(=O)(=O)c2cccs2)CC1. The second kappa shape index (κ2) is 6.23. The van der Waals surface area contributed by atoms with Crippen molar-refractivity contribution in [1.29, 1.82) is 0 Å². The van der Waals surface area contributed by atoms with E-state index in [1.54, 1.807) is 34.5 Å². The van der Waals surface area contributed by atoms with Gasteiger partial charge in [-0.15, -0.1) is 11.3 Å². The summed E-state index contributed by atoms with van der Waals surface area (Å²) < 4.78 is 32.5. The standard InChI is InChI=1S/C14H16N2O4S2/c17-14(12-3-1-9-20-12)16-7-5-11(6-8-16)15-22(18,19)13-4-2-10-21-13/h1-4,9-11,15H,5-8H2. The summed E-state index contributed by atoms with van der Waals surface area (Å²) in [5.41, 5.74) is 0. The number of likely N-dealkylation sites (tertiary alicyclic amines) is 1. The molecule has 0 radical (unpaired) electrons. The Balaban J connectivity index is 1.57. The number of hydrogen-bond acceptors (Lipinski definition) is 5. The number of hydrogen-bond donors (Lipinski definition) is 1. The van der Waals surface area contributed by atoms with Crippen molar-refractivity contribution in [2.24, 2.45) is 0 Å². The minimum atomic E-state index is -3.45. The van der Waals surface area contributed by atoms with Crippen molar-refractivity contribution in [3.8, 4) is 0 Å². The molecule has 1 aliphatic heterocycles. The fourth-order valence-electron chi connectivity index (χ4n) is 2.45. The highest BCUT2D eigenvalue weighted by molar-refractivity contribution is 7.91. The number of sulfonamides is 1. The Morgan fingerprint density at radius 3 is 2.64 bits per heavy atom. The molecule has 0 atom stereocenters. The Bertz CT molecular complexity index is 715. The first kappa shape index (κ1) is 15.3. The van der Waals surface area contributed by atoms with Gasteiger partial charge in [-0.25, -0.2) is 13.1 Å². The molecule has 3 heterocycles. The fraction of sp³-hybridized carbons (Fsp3) is 0.357. The lowest BCUT2D eigenvalue weighted by Crippen LogP contribution is -2.46. The van der Waals surface area contributed by atoms with E-state index in [1.807, 2.05) is 0 Å². The third-order valence-corrected chi connectivity index (χ3v) is 6.51. The van der Waals surface area contributed by atoms with Gasteiger partial charge in [-0.2, -0.15) is 0 Å². The van der Waals surface area contributed by atoms with Gasteiger partial charge in [-0.1, -0.05) is 6.07 Å². The number of carbonyl (C=O) groups excluding carboxylic acids is 1. The van der Waals surface area contributed by atoms with Crippen LogP contribution in [0.1, 0.15) is 23.4 Å². The van der Waals surface area contributed by atoms with Crippen LogP contribution < -0.4 is 4.72 Å². The lowest BCUT2D eigenvalue weighted by Gasteiger charge is -2.31. The Morgan fingerprint density at radius 1 is 1.27 bits per heavy atom. The van der Waals surface area contributed by atoms with Gasteiger partial charge in [-0.3, -0.25) is 4.79 Å². The minimum Gasteiger partial charge on any atom is -0.459 e. The van der Waals surface area contributed by atoms with Gasteiger partial charge < -0.3 is 9.32 Å². The van der Waals surface area contributed by atoms with E-state index >= 15 is 0 Å². The van der Waals surface area contributed by atoms with Gasteiger partial charge in [0.15, 0.2) is 5.76 Å². The van der Waals surface area contributed by atoms with Crippen LogP contribution in [0.5, 0.6) is 0 Å². The summed E-state index contributed by atoms with van der Waals surface area (Å²) in [4.78, 5) is 13.8. The zero-order valence-electron chi connectivity index (χ0n) is 11.8. The van der Waals surface area contributed by atoms with E-state index in [2.05, 4.69) is 4.72 Å². The van der Waals surface area contributed by atoms with Gasteiger partial charge in [0, 0.05) is 19.1 Å². The van der Waals surface area contributed by atoms with Crippen molar-refractivity contribution in [1.82, 2.24) is 9.62 Å². The summed E-state index contributed by atoms with van der Waals surface area (Å²) in [6, 6.07) is 6.46. The van der Waals surface area contributed by atoms with Crippen LogP contribution in [0.15, 0.2) is 44.5 Å². The predicted molar refractivity (Wildman–Crippen MR) is 82.3 cm³/mol. The highest BCUT2D eigenvalue weighted by Gasteiger charge is 2.28. The number of piperidine rings is 1. The molecule has 0 saturated carbocycles. The van der Waals surface area contributed by atoms with Crippen molar-refractivity contribution >= 4 is 27.3 Å². The normalized spacial score (nSPS) is 16.8. The zero-order chi connectivity index (χ0) is 15.6. The predicted octanol–water partition coefficient (Wildman–Crippen LogP) is 1.92. The average Bonchev–Trinajstić information content (AvgIpc) is 3.20. The molecule has 1 N–H and O–H groups in total. The molecular weight excluding hydrogens is 324 g/mol. The molecule has 0 aliphatic carbocycles. The molecule has 0 unspecified atom stereocenters. The Morgan fingerprint density at radius 2 is 2.05 bits per heavy atom. The number of rotatable bonds is 4. The highest BCUT2D eigenvalue weighted by Crippen LogP contribution is 2.19. The summed E-state index contributed by atoms with van der Waals surface area (Å²) in [5, 5.41) is 1.74. The molecule has 1 amide bonds. The number of furan rings is 1. The largest absolute Gasteiger partial charge is 0.459 e. The van der Waals surface area contributed by atoms with Crippen LogP contribution in [0, 0.1) is 0 Å². The number of thiophene rings is 1. The van der Waals surface area contributed by atoms with Gasteiger partial charge >= 0.3 is 0 Å². The van der Waals surface area contributed by atoms with E-state index in [0.717, 1.165) is 0 Å². The first-order valence-corrected chi connectivity index (χ1v) is 9.31. The molecule has 0 bridgehead atoms. The lowest BCUT2D eigenvalue weighted by atomic mass is 10.1. The third-order valence-electron chi connectivity index (χ3n) is 3.60. The monoisotopic (exact) mass is 340 g/mol. The van der Waals surface area contributed by atoms with Crippen LogP contribution in [-0.4, -0.2) is 38.4 Å². The molecular formula is C14H16N2O4S2. The molecule has 1 saturated heterocycles. The van der Waals surface area contributed by atoms with Crippen LogP contribution in [0.3, 0.4) is 0 Å². The summed E-state index contributed by atoms with van der Waals surface area (Å²) in [6.07, 6.45) is 2.66. The van der Waals surface area contributed by atoms with Gasteiger partial charge in [0.2, 0.25) is 10.0 Å². The van der Waals surface area contributed by atoms with E-state index in [4.69, 9.17) is 4.42 Å². The van der Waals surface area contributed by atoms with E-state index in [9.17, 15) is 13.2 Å². The highest BCUT2D eigenvalue weighted by atomic mass is 32.2. The van der Waals surface area contributed by atoms with E-state index in [1.165, 1.54) is 17.6 Å². The van der Waals surface area contributed by atoms with Gasteiger partial charge in [0.05, 0.1) is 6.26 Å². The quantitative estimate of drug-likeness (QED) is 0.922. The smallest absolute Gasteiger partial charge is 0.289 e. The van der Waals surface area contributed by atoms with Crippen LogP contribution in [0.4, 0.5) is 0 Å². The van der Waals surface area contributed by atoms with Crippen LogP contribution >= 0.6 is 11.3 Å². The Hall–Kier alpha value is -1.64. The number of amides is 1. The van der Waals surface area contributed by atoms with Crippen LogP contribution in [0.25, 0.3) is 0 Å². The molecule has 6 nitrogen and oxygen atoms in total. The second-order valence-electron chi connectivity index (χ2n) is 5.10. The summed E-state index contributed by atoms with van der Waals surface area (Å²) in [6.45, 7) is 1.02. The van der Waals surface area contributed by atoms with Crippen molar-refractivity contribution < 1.29 is 17.6 Å². The summed E-state index contributed by atoms with van der Waals surface area (Å²) in [5.74, 6) is 0.169. The van der Waals surface area contributed by atoms with E-state index in [0.29, 0.717) is 35.9 Å². The van der Waals surface area contributed by atoms with Gasteiger partial charge in [0.1, 0.15) is 4.21 Å². The van der Waals surface area contributed by atoms with E-state index < -0.39 is 10.0 Å². The summed E-state index contributed by atoms with van der Waals surface area (Å²) >= 11 is 1.19. The van der Waals surface area contributed by atoms with Gasteiger partial charge in [0.25, 0.3) is 5.91 Å². The molecule has 0 spiro atoms. The first-order valence-electron chi connectivity index (χ1n) is 6.95. The van der Waals surface area contributed by atoms with Crippen LogP contribution in [-0.2, 0) is 10.0 Å². The molecule has 1 aliphatic rings. The second-order valence-corrected chi connectivity index (χ2v) is 7.99. The van der Waals surface area contributed by atoms with Gasteiger partial charge in [-0.05, 0) is 36.4 Å². The van der Waals surface area contributed by atoms with Crippen LogP contribution in [0.2, 0.25) is 0 Å². The Labute approximate surface area is 132 Å². The maximum Gasteiger partial charge on any atom is 0.289 e. The lowest BCUT2D eigenvalue weighted by molar-refractivity contribution is 0.0679. The molecule has 118 valence electrons. The van der Waals surface area contributed by atoms with Crippen molar-refractivity contribution in [2.75, 3.05) is 13.1 Å². The number of nitrogens with zero attached hydrogens (tertiary/aromatic N) is 1. The van der Waals surface area contributed by atoms with Crippen molar-refractivity contribution in [3.05, 3.63) is 41.7 Å². The molecule has 3 rings (SSSR count). The average molecular weight is 340 g/mol. The molecule has 22 heavy (non-hydrogen) atoms. The molecule has 2 aromatic rings. The maximum absolute atomic E-state index is 12.2. The van der Waals surface area contributed by atoms with Crippen molar-refractivity contribution in [2.45, 2.75) is 23.1 Å². The third kappa shape index (κ3) is 3.23. The maximum atomic E-state index is 12.2.